The van der Waals surface area contributed by atoms with Gasteiger partial charge in [-0.25, -0.2) is 0 Å². The number of anilines is 1. The van der Waals surface area contributed by atoms with E-state index in [1.807, 2.05) is 13.8 Å². The molecule has 0 atom stereocenters. The van der Waals surface area contributed by atoms with Crippen LogP contribution >= 0.6 is 0 Å². The van der Waals surface area contributed by atoms with Gasteiger partial charge in [0.15, 0.2) is 0 Å². The average molecular weight is 288 g/mol. The molecule has 1 N–H and O–H groups in total. The Kier molecular flexibility index (Phi) is 5.70. The standard InChI is InChI=1S/C17H24N2O2/c1-7-16(21)19(6)10-15(20)18-17-12(4)8-14(11(2)3)9-13(17)5/h7-9,11H,1,10H2,2-6H3,(H,18,20). The molecule has 0 aliphatic carbocycles. The topological polar surface area (TPSA) is 49.4 Å². The lowest BCUT2D eigenvalue weighted by Crippen LogP contribution is -2.34. The lowest BCUT2D eigenvalue weighted by atomic mass is 9.97. The van der Waals surface area contributed by atoms with Gasteiger partial charge in [0.05, 0.1) is 6.54 Å². The minimum Gasteiger partial charge on any atom is -0.333 e. The number of nitrogens with zero attached hydrogens (tertiary/aromatic N) is 1. The number of aryl methyl sites for hydroxylation is 2. The highest BCUT2D eigenvalue weighted by atomic mass is 16.2. The lowest BCUT2D eigenvalue weighted by Gasteiger charge is -2.18. The fourth-order valence-corrected chi connectivity index (χ4v) is 2.16. The van der Waals surface area contributed by atoms with Crippen LogP contribution in [-0.4, -0.2) is 30.3 Å². The zero-order valence-corrected chi connectivity index (χ0v) is 13.5. The van der Waals surface area contributed by atoms with Crippen molar-refractivity contribution in [3.8, 4) is 0 Å². The van der Waals surface area contributed by atoms with Gasteiger partial charge < -0.3 is 10.2 Å². The van der Waals surface area contributed by atoms with Crippen molar-refractivity contribution in [1.29, 1.82) is 0 Å². The molecule has 0 bridgehead atoms. The van der Waals surface area contributed by atoms with Gasteiger partial charge >= 0.3 is 0 Å². The maximum atomic E-state index is 12.0. The van der Waals surface area contributed by atoms with Gasteiger partial charge in [0.1, 0.15) is 0 Å². The van der Waals surface area contributed by atoms with E-state index < -0.39 is 0 Å². The van der Waals surface area contributed by atoms with Crippen LogP contribution in [0, 0.1) is 13.8 Å². The first-order valence-corrected chi connectivity index (χ1v) is 7.04. The molecule has 0 saturated heterocycles. The molecule has 0 unspecified atom stereocenters. The van der Waals surface area contributed by atoms with Crippen LogP contribution in [0.1, 0.15) is 36.5 Å². The minimum atomic E-state index is -0.270. The maximum absolute atomic E-state index is 12.0. The molecule has 0 aromatic heterocycles. The first-order valence-electron chi connectivity index (χ1n) is 7.04. The molecule has 4 heteroatoms. The Bertz CT molecular complexity index is 539. The van der Waals surface area contributed by atoms with E-state index in [1.165, 1.54) is 16.5 Å². The molecule has 114 valence electrons. The molecule has 0 aliphatic heterocycles. The van der Waals surface area contributed by atoms with Gasteiger partial charge in [-0.1, -0.05) is 32.6 Å². The molecule has 1 aromatic rings. The second kappa shape index (κ2) is 7.07. The van der Waals surface area contributed by atoms with E-state index in [0.717, 1.165) is 16.8 Å². The zero-order chi connectivity index (χ0) is 16.2. The Labute approximate surface area is 126 Å². The quantitative estimate of drug-likeness (QED) is 0.847. The van der Waals surface area contributed by atoms with Crippen LogP contribution < -0.4 is 5.32 Å². The Hall–Kier alpha value is -2.10. The van der Waals surface area contributed by atoms with Gasteiger partial charge in [0, 0.05) is 12.7 Å². The van der Waals surface area contributed by atoms with Crippen molar-refractivity contribution >= 4 is 17.5 Å². The third-order valence-electron chi connectivity index (χ3n) is 3.42. The Morgan fingerprint density at radius 2 is 1.81 bits per heavy atom. The second-order valence-corrected chi connectivity index (χ2v) is 5.63. The van der Waals surface area contributed by atoms with Crippen LogP contribution in [0.3, 0.4) is 0 Å². The number of carbonyl (C=O) groups is 2. The summed E-state index contributed by atoms with van der Waals surface area (Å²) in [6.45, 7) is 11.7. The monoisotopic (exact) mass is 288 g/mol. The largest absolute Gasteiger partial charge is 0.333 e. The smallest absolute Gasteiger partial charge is 0.246 e. The van der Waals surface area contributed by atoms with Crippen LogP contribution in [0.4, 0.5) is 5.69 Å². The fourth-order valence-electron chi connectivity index (χ4n) is 2.16. The van der Waals surface area contributed by atoms with E-state index in [1.54, 1.807) is 7.05 Å². The van der Waals surface area contributed by atoms with Crippen molar-refractivity contribution in [3.63, 3.8) is 0 Å². The van der Waals surface area contributed by atoms with Crippen LogP contribution in [-0.2, 0) is 9.59 Å². The maximum Gasteiger partial charge on any atom is 0.246 e. The molecule has 0 aliphatic rings. The van der Waals surface area contributed by atoms with Crippen molar-refractivity contribution in [2.75, 3.05) is 18.9 Å². The molecule has 2 amide bonds. The molecule has 0 radical (unpaired) electrons. The number of hydrogen-bond acceptors (Lipinski definition) is 2. The summed E-state index contributed by atoms with van der Waals surface area (Å²) >= 11 is 0. The predicted octanol–water partition coefficient (Wildman–Crippen LogP) is 3.01. The van der Waals surface area contributed by atoms with Crippen molar-refractivity contribution in [2.45, 2.75) is 33.6 Å². The van der Waals surface area contributed by atoms with Crippen molar-refractivity contribution < 1.29 is 9.59 Å². The molecule has 0 spiro atoms. The average Bonchev–Trinajstić information content (AvgIpc) is 2.41. The molecular weight excluding hydrogens is 264 g/mol. The van der Waals surface area contributed by atoms with E-state index >= 15 is 0 Å². The summed E-state index contributed by atoms with van der Waals surface area (Å²) in [5, 5.41) is 2.89. The Morgan fingerprint density at radius 1 is 1.29 bits per heavy atom. The number of likely N-dealkylation sites (N-methyl/N-ethyl adjacent to an activating group) is 1. The van der Waals surface area contributed by atoms with Crippen molar-refractivity contribution in [2.24, 2.45) is 0 Å². The highest BCUT2D eigenvalue weighted by Crippen LogP contribution is 2.26. The molecular formula is C17H24N2O2. The molecule has 0 fully saturated rings. The van der Waals surface area contributed by atoms with E-state index in [4.69, 9.17) is 0 Å². The summed E-state index contributed by atoms with van der Waals surface area (Å²) in [5.74, 6) is -0.0338. The number of carbonyl (C=O) groups excluding carboxylic acids is 2. The third-order valence-corrected chi connectivity index (χ3v) is 3.42. The van der Waals surface area contributed by atoms with Gasteiger partial charge in [-0.15, -0.1) is 0 Å². The van der Waals surface area contributed by atoms with E-state index in [0.29, 0.717) is 5.92 Å². The fraction of sp³-hybridized carbons (Fsp3) is 0.412. The first kappa shape index (κ1) is 17.0. The third kappa shape index (κ3) is 4.45. The van der Waals surface area contributed by atoms with Crippen molar-refractivity contribution in [1.82, 2.24) is 4.90 Å². The summed E-state index contributed by atoms with van der Waals surface area (Å²) in [5.41, 5.74) is 4.14. The molecule has 1 aromatic carbocycles. The van der Waals surface area contributed by atoms with Gasteiger partial charge in [-0.05, 0) is 42.5 Å². The first-order chi connectivity index (χ1) is 9.76. The number of amides is 2. The summed E-state index contributed by atoms with van der Waals surface area (Å²) in [4.78, 5) is 24.7. The highest BCUT2D eigenvalue weighted by molar-refractivity contribution is 5.97. The number of nitrogens with one attached hydrogen (secondary N) is 1. The highest BCUT2D eigenvalue weighted by Gasteiger charge is 2.13. The molecule has 0 heterocycles. The predicted molar refractivity (Wildman–Crippen MR) is 86.5 cm³/mol. The second-order valence-electron chi connectivity index (χ2n) is 5.63. The minimum absolute atomic E-state index is 0.00959. The summed E-state index contributed by atoms with van der Waals surface area (Å²) < 4.78 is 0. The summed E-state index contributed by atoms with van der Waals surface area (Å²) in [6.07, 6.45) is 1.20. The zero-order valence-electron chi connectivity index (χ0n) is 13.5. The number of benzene rings is 1. The molecule has 4 nitrogen and oxygen atoms in total. The summed E-state index contributed by atoms with van der Waals surface area (Å²) in [6, 6.07) is 4.18. The molecule has 1 rings (SSSR count). The summed E-state index contributed by atoms with van der Waals surface area (Å²) in [7, 11) is 1.57. The Morgan fingerprint density at radius 3 is 2.24 bits per heavy atom. The molecule has 0 saturated carbocycles. The van der Waals surface area contributed by atoms with Crippen LogP contribution in [0.5, 0.6) is 0 Å². The number of rotatable bonds is 5. The number of hydrogen-bond donors (Lipinski definition) is 1. The SMILES string of the molecule is C=CC(=O)N(C)CC(=O)Nc1c(C)cc(C(C)C)cc1C. The van der Waals surface area contributed by atoms with Gasteiger partial charge in [0.25, 0.3) is 0 Å². The molecule has 21 heavy (non-hydrogen) atoms. The van der Waals surface area contributed by atoms with Gasteiger partial charge in [-0.2, -0.15) is 0 Å². The van der Waals surface area contributed by atoms with E-state index in [-0.39, 0.29) is 18.4 Å². The van der Waals surface area contributed by atoms with E-state index in [2.05, 4.69) is 37.9 Å². The van der Waals surface area contributed by atoms with Crippen LogP contribution in [0.2, 0.25) is 0 Å². The van der Waals surface area contributed by atoms with Gasteiger partial charge in [0.2, 0.25) is 11.8 Å². The van der Waals surface area contributed by atoms with Crippen LogP contribution in [0.15, 0.2) is 24.8 Å². The van der Waals surface area contributed by atoms with Gasteiger partial charge in [-0.3, -0.25) is 9.59 Å². The normalized spacial score (nSPS) is 10.4. The van der Waals surface area contributed by atoms with Crippen LogP contribution in [0.25, 0.3) is 0 Å². The Balaban J connectivity index is 2.86. The van der Waals surface area contributed by atoms with Crippen molar-refractivity contribution in [3.05, 3.63) is 41.5 Å². The van der Waals surface area contributed by atoms with E-state index in [9.17, 15) is 9.59 Å². The lowest BCUT2D eigenvalue weighted by molar-refractivity contribution is -0.129.